The van der Waals surface area contributed by atoms with Crippen LogP contribution in [0, 0.1) is 20.2 Å². The normalized spacial score (nSPS) is 10.5. The minimum atomic E-state index is -0.869. The van der Waals surface area contributed by atoms with E-state index in [-0.39, 0.29) is 5.69 Å². The quantitative estimate of drug-likeness (QED) is 0.457. The van der Waals surface area contributed by atoms with Crippen molar-refractivity contribution in [1.29, 1.82) is 0 Å². The van der Waals surface area contributed by atoms with Gasteiger partial charge in [-0.25, -0.2) is 5.43 Å². The minimum absolute atomic E-state index is 0.125. The largest absolute Gasteiger partial charge is 0.454 e. The van der Waals surface area contributed by atoms with Crippen LogP contribution in [0.15, 0.2) is 29.4 Å². The number of non-ortho nitro benzene ring substituents is 1. The number of nitro benzene ring substituents is 1. The van der Waals surface area contributed by atoms with Gasteiger partial charge >= 0.3 is 17.7 Å². The van der Waals surface area contributed by atoms with Crippen molar-refractivity contribution in [3.63, 3.8) is 0 Å². The maximum Gasteiger partial charge on any atom is 0.454 e. The molecule has 2 N–H and O–H groups in total. The van der Waals surface area contributed by atoms with E-state index in [4.69, 9.17) is 0 Å². The molecule has 1 aromatic carbocycles. The van der Waals surface area contributed by atoms with E-state index in [1.165, 1.54) is 24.4 Å². The molecule has 0 saturated carbocycles. The number of H-pyrrole nitrogens is 1. The Kier molecular flexibility index (Phi) is 4.12. The molecule has 0 unspecified atom stereocenters. The third-order valence-corrected chi connectivity index (χ3v) is 2.31. The fraction of sp³-hybridized carbons (Fsp3) is 0. The van der Waals surface area contributed by atoms with Crippen LogP contribution in [-0.2, 0) is 0 Å². The van der Waals surface area contributed by atoms with Gasteiger partial charge < -0.3 is 10.1 Å². The molecule has 2 rings (SSSR count). The average molecular weight is 305 g/mol. The monoisotopic (exact) mass is 305 g/mol. The number of amides is 1. The van der Waals surface area contributed by atoms with E-state index >= 15 is 0 Å². The van der Waals surface area contributed by atoms with E-state index in [1.54, 1.807) is 6.07 Å². The van der Waals surface area contributed by atoms with Crippen molar-refractivity contribution in [3.8, 4) is 0 Å². The number of aromatic amines is 1. The maximum atomic E-state index is 11.5. The highest BCUT2D eigenvalue weighted by Gasteiger charge is 2.20. The molecule has 0 aliphatic heterocycles. The lowest BCUT2D eigenvalue weighted by Gasteiger charge is -1.94. The van der Waals surface area contributed by atoms with Crippen LogP contribution in [0.3, 0.4) is 0 Å². The molecule has 1 aromatic heterocycles. The summed E-state index contributed by atoms with van der Waals surface area (Å²) >= 11 is 0. The molecule has 0 saturated heterocycles. The van der Waals surface area contributed by atoms with Crippen molar-refractivity contribution in [2.45, 2.75) is 0 Å². The van der Waals surface area contributed by atoms with E-state index in [0.29, 0.717) is 5.56 Å². The average Bonchev–Trinajstić information content (AvgIpc) is 2.97. The summed E-state index contributed by atoms with van der Waals surface area (Å²) in [7, 11) is 0. The number of nitro groups is 2. The highest BCUT2D eigenvalue weighted by molar-refractivity contribution is 5.91. The van der Waals surface area contributed by atoms with Crippen LogP contribution in [0.25, 0.3) is 0 Å². The van der Waals surface area contributed by atoms with Gasteiger partial charge in [-0.15, -0.1) is 5.10 Å². The zero-order valence-electron chi connectivity index (χ0n) is 10.7. The molecular weight excluding hydrogens is 298 g/mol. The number of carbonyl (C=O) groups excluding carboxylic acids is 1. The molecule has 22 heavy (non-hydrogen) atoms. The summed E-state index contributed by atoms with van der Waals surface area (Å²) in [6, 6.07) is 5.57. The lowest BCUT2D eigenvalue weighted by Crippen LogP contribution is -2.19. The molecule has 0 atom stereocenters. The summed E-state index contributed by atoms with van der Waals surface area (Å²) in [6.45, 7) is 0. The molecule has 2 aromatic rings. The third-order valence-electron chi connectivity index (χ3n) is 2.31. The van der Waals surface area contributed by atoms with E-state index in [9.17, 15) is 25.0 Å². The molecule has 1 amide bonds. The van der Waals surface area contributed by atoms with Gasteiger partial charge in [0.25, 0.3) is 5.69 Å². The fourth-order valence-corrected chi connectivity index (χ4v) is 1.37. The Morgan fingerprint density at radius 3 is 2.73 bits per heavy atom. The van der Waals surface area contributed by atoms with Gasteiger partial charge in [0.15, 0.2) is 0 Å². The molecule has 0 fully saturated rings. The minimum Gasteiger partial charge on any atom is -0.390 e. The first-order valence-electron chi connectivity index (χ1n) is 5.62. The van der Waals surface area contributed by atoms with Crippen LogP contribution in [-0.4, -0.2) is 37.1 Å². The van der Waals surface area contributed by atoms with Crippen molar-refractivity contribution in [3.05, 3.63) is 55.9 Å². The first-order valence-corrected chi connectivity index (χ1v) is 5.62. The molecule has 0 aliphatic rings. The van der Waals surface area contributed by atoms with Crippen LogP contribution in [0.5, 0.6) is 0 Å². The number of hydrogen-bond acceptors (Lipinski definition) is 8. The van der Waals surface area contributed by atoms with Gasteiger partial charge in [0.1, 0.15) is 0 Å². The Balaban J connectivity index is 2.02. The molecule has 112 valence electrons. The number of nitrogens with one attached hydrogen (secondary N) is 2. The first kappa shape index (κ1) is 14.7. The number of hydrazone groups is 1. The third kappa shape index (κ3) is 3.44. The standard InChI is InChI=1S/C10H7N7O5/c18-9(8-12-10(15-13-8)17(21)22)14-11-5-6-2-1-3-7(4-6)16(19)20/h1-5H,(H,14,18)(H,12,13,15)/b11-5-. The van der Waals surface area contributed by atoms with Gasteiger partial charge in [0.05, 0.1) is 11.1 Å². The van der Waals surface area contributed by atoms with Crippen LogP contribution in [0.4, 0.5) is 11.6 Å². The molecule has 12 nitrogen and oxygen atoms in total. The summed E-state index contributed by atoms with van der Waals surface area (Å²) in [5, 5.41) is 29.8. The van der Waals surface area contributed by atoms with Crippen molar-refractivity contribution in [1.82, 2.24) is 20.6 Å². The zero-order chi connectivity index (χ0) is 16.1. The van der Waals surface area contributed by atoms with Gasteiger partial charge in [-0.3, -0.25) is 14.9 Å². The predicted molar refractivity (Wildman–Crippen MR) is 71.2 cm³/mol. The smallest absolute Gasteiger partial charge is 0.390 e. The predicted octanol–water partition coefficient (Wildman–Crippen LogP) is 0.385. The zero-order valence-corrected chi connectivity index (χ0v) is 10.7. The van der Waals surface area contributed by atoms with Crippen LogP contribution >= 0.6 is 0 Å². The summed E-state index contributed by atoms with van der Waals surface area (Å²) in [4.78, 5) is 34.4. The number of hydrogen-bond donors (Lipinski definition) is 2. The Bertz CT molecular complexity index is 769. The van der Waals surface area contributed by atoms with Crippen LogP contribution in [0.2, 0.25) is 0 Å². The van der Waals surface area contributed by atoms with E-state index in [0.717, 1.165) is 0 Å². The second kappa shape index (κ2) is 6.17. The van der Waals surface area contributed by atoms with Crippen molar-refractivity contribution in [2.24, 2.45) is 5.10 Å². The SMILES string of the molecule is O=C(N/N=C\c1cccc([N+](=O)[O-])c1)c1n[nH]c([N+](=O)[O-])n1. The van der Waals surface area contributed by atoms with E-state index in [2.05, 4.69) is 15.2 Å². The molecular formula is C10H7N7O5. The topological polar surface area (TPSA) is 169 Å². The fourth-order valence-electron chi connectivity index (χ4n) is 1.37. The molecule has 0 bridgehead atoms. The Morgan fingerprint density at radius 1 is 1.32 bits per heavy atom. The first-order chi connectivity index (χ1) is 10.5. The van der Waals surface area contributed by atoms with Crippen molar-refractivity contribution < 1.29 is 14.6 Å². The molecule has 0 spiro atoms. The molecule has 1 heterocycles. The number of nitrogens with zero attached hydrogens (tertiary/aromatic N) is 5. The highest BCUT2D eigenvalue weighted by atomic mass is 16.6. The van der Waals surface area contributed by atoms with Crippen molar-refractivity contribution >= 4 is 23.8 Å². The number of aromatic nitrogens is 3. The Morgan fingerprint density at radius 2 is 2.09 bits per heavy atom. The Labute approximate surface area is 121 Å². The lowest BCUT2D eigenvalue weighted by molar-refractivity contribution is -0.394. The van der Waals surface area contributed by atoms with E-state index < -0.39 is 27.5 Å². The van der Waals surface area contributed by atoms with E-state index in [1.807, 2.05) is 10.5 Å². The maximum absolute atomic E-state index is 11.5. The second-order valence-corrected chi connectivity index (χ2v) is 3.79. The summed E-state index contributed by atoms with van der Waals surface area (Å²) in [5.41, 5.74) is 2.30. The molecule has 0 aliphatic carbocycles. The molecule has 0 radical (unpaired) electrons. The van der Waals surface area contributed by atoms with Gasteiger partial charge in [0, 0.05) is 17.7 Å². The number of carbonyl (C=O) groups is 1. The van der Waals surface area contributed by atoms with Gasteiger partial charge in [-0.2, -0.15) is 5.10 Å². The Hall–Kier alpha value is -3.70. The highest BCUT2D eigenvalue weighted by Crippen LogP contribution is 2.11. The number of rotatable bonds is 5. The summed E-state index contributed by atoms with van der Waals surface area (Å²) < 4.78 is 0. The van der Waals surface area contributed by atoms with Gasteiger partial charge in [0.2, 0.25) is 0 Å². The van der Waals surface area contributed by atoms with Crippen LogP contribution in [0.1, 0.15) is 16.2 Å². The summed E-state index contributed by atoms with van der Waals surface area (Å²) in [5.74, 6) is -2.00. The summed E-state index contributed by atoms with van der Waals surface area (Å²) in [6.07, 6.45) is 1.17. The van der Waals surface area contributed by atoms with Gasteiger partial charge in [-0.05, 0) is 9.91 Å². The number of benzene rings is 1. The molecule has 12 heteroatoms. The second-order valence-electron chi connectivity index (χ2n) is 3.79. The van der Waals surface area contributed by atoms with Crippen molar-refractivity contribution in [2.75, 3.05) is 0 Å². The lowest BCUT2D eigenvalue weighted by atomic mass is 10.2. The van der Waals surface area contributed by atoms with Gasteiger partial charge in [-0.1, -0.05) is 17.2 Å². The van der Waals surface area contributed by atoms with Crippen LogP contribution < -0.4 is 5.43 Å².